The Labute approximate surface area is 234 Å². The summed E-state index contributed by atoms with van der Waals surface area (Å²) in [7, 11) is 0. The minimum atomic E-state index is -1.07. The molecule has 1 aliphatic carbocycles. The third-order valence-corrected chi connectivity index (χ3v) is 7.50. The van der Waals surface area contributed by atoms with Crippen LogP contribution in [0, 0.1) is 18.6 Å². The molecule has 41 heavy (non-hydrogen) atoms. The molecule has 1 saturated carbocycles. The number of carboxylic acids is 1. The Morgan fingerprint density at radius 1 is 1.00 bits per heavy atom. The van der Waals surface area contributed by atoms with Gasteiger partial charge in [0.25, 0.3) is 0 Å². The molecule has 1 aliphatic rings. The molecule has 5 aromatic rings. The van der Waals surface area contributed by atoms with E-state index in [-0.39, 0.29) is 35.9 Å². The van der Waals surface area contributed by atoms with Gasteiger partial charge in [-0.3, -0.25) is 0 Å². The number of halogens is 3. The number of hydrogen-bond donors (Lipinski definition) is 1. The van der Waals surface area contributed by atoms with E-state index >= 15 is 4.39 Å². The van der Waals surface area contributed by atoms with Gasteiger partial charge in [-0.1, -0.05) is 24.3 Å². The molecule has 208 valence electrons. The van der Waals surface area contributed by atoms with Crippen molar-refractivity contribution in [2.45, 2.75) is 38.3 Å². The first-order valence-corrected chi connectivity index (χ1v) is 13.2. The fourth-order valence-corrected chi connectivity index (χ4v) is 5.09. The molecule has 0 bridgehead atoms. The maximum atomic E-state index is 15.4. The van der Waals surface area contributed by atoms with Gasteiger partial charge in [0.05, 0.1) is 27.8 Å². The van der Waals surface area contributed by atoms with E-state index in [9.17, 15) is 18.7 Å². The smallest absolute Gasteiger partial charge is 0.335 e. The lowest BCUT2D eigenvalue weighted by Crippen LogP contribution is -2.22. The molecule has 6 rings (SSSR count). The number of hydrogen-bond acceptors (Lipinski definition) is 4. The summed E-state index contributed by atoms with van der Waals surface area (Å²) in [4.78, 5) is 20.6. The molecular formula is C32H26F3N3O3. The fraction of sp³-hybridized carbons (Fsp3) is 0.219. The number of carbonyl (C=O) groups is 1. The first-order valence-electron chi connectivity index (χ1n) is 13.2. The third kappa shape index (κ3) is 5.15. The second-order valence-electron chi connectivity index (χ2n) is 10.5. The number of alkyl halides is 1. The normalized spacial score (nSPS) is 13.9. The molecular weight excluding hydrogens is 531 g/mol. The van der Waals surface area contributed by atoms with E-state index in [4.69, 9.17) is 4.74 Å². The van der Waals surface area contributed by atoms with Crippen molar-refractivity contribution in [2.24, 2.45) is 0 Å². The van der Waals surface area contributed by atoms with Gasteiger partial charge >= 0.3 is 5.97 Å². The van der Waals surface area contributed by atoms with Crippen LogP contribution in [0.4, 0.5) is 13.2 Å². The number of carboxylic acid groups (broad SMARTS) is 1. The standard InChI is InChI=1S/C32H26F3N3O3/c1-19-5-7-22(24(34)13-19)17-41-30-4-2-3-26(37-30)23-9-6-20(14-25(23)35)15-29-36-27-10-8-21(31(39)40)16-28(27)38(29)32(18-33)11-12-32/h2-10,13-14,16H,11-12,15,17-18H2,1H3,(H,39,40). The molecule has 2 aromatic heterocycles. The first kappa shape index (κ1) is 26.6. The van der Waals surface area contributed by atoms with Crippen molar-refractivity contribution < 1.29 is 27.8 Å². The highest BCUT2D eigenvalue weighted by atomic mass is 19.1. The number of aromatic carboxylic acids is 1. The summed E-state index contributed by atoms with van der Waals surface area (Å²) in [6.07, 6.45) is 1.47. The highest BCUT2D eigenvalue weighted by Gasteiger charge is 2.47. The zero-order valence-corrected chi connectivity index (χ0v) is 22.2. The van der Waals surface area contributed by atoms with Crippen molar-refractivity contribution in [2.75, 3.05) is 6.67 Å². The van der Waals surface area contributed by atoms with Gasteiger partial charge in [-0.15, -0.1) is 0 Å². The van der Waals surface area contributed by atoms with E-state index in [2.05, 4.69) is 9.97 Å². The zero-order valence-electron chi connectivity index (χ0n) is 22.2. The largest absolute Gasteiger partial charge is 0.478 e. The summed E-state index contributed by atoms with van der Waals surface area (Å²) >= 11 is 0. The SMILES string of the molecule is Cc1ccc(COc2cccc(-c3ccc(Cc4nc5ccc(C(=O)O)cc5n4C4(CF)CC4)cc3F)n2)c(F)c1. The molecule has 9 heteroatoms. The average Bonchev–Trinajstić information content (AvgIpc) is 3.66. The lowest BCUT2D eigenvalue weighted by atomic mass is 10.0. The Morgan fingerprint density at radius 2 is 1.83 bits per heavy atom. The second kappa shape index (κ2) is 10.4. The summed E-state index contributed by atoms with van der Waals surface area (Å²) in [6.45, 7) is 1.19. The van der Waals surface area contributed by atoms with Crippen LogP contribution in [0.5, 0.6) is 5.88 Å². The van der Waals surface area contributed by atoms with Crippen LogP contribution in [0.15, 0.2) is 72.8 Å². The lowest BCUT2D eigenvalue weighted by Gasteiger charge is -2.18. The van der Waals surface area contributed by atoms with Gasteiger partial charge in [0.1, 0.15) is 30.7 Å². The van der Waals surface area contributed by atoms with Gasteiger partial charge in [0, 0.05) is 23.6 Å². The number of aromatic nitrogens is 3. The van der Waals surface area contributed by atoms with Gasteiger partial charge in [0.15, 0.2) is 0 Å². The molecule has 0 amide bonds. The third-order valence-electron chi connectivity index (χ3n) is 7.50. The summed E-state index contributed by atoms with van der Waals surface area (Å²) in [5.41, 5.74) is 2.91. The fourth-order valence-electron chi connectivity index (χ4n) is 5.09. The summed E-state index contributed by atoms with van der Waals surface area (Å²) in [5, 5.41) is 9.45. The highest BCUT2D eigenvalue weighted by Crippen LogP contribution is 2.47. The summed E-state index contributed by atoms with van der Waals surface area (Å²) in [6, 6.07) is 19.2. The van der Waals surface area contributed by atoms with Gasteiger partial charge in [-0.05, 0) is 73.4 Å². The number of benzene rings is 3. The Balaban J connectivity index is 1.26. The zero-order chi connectivity index (χ0) is 28.7. The van der Waals surface area contributed by atoms with Crippen molar-refractivity contribution in [3.05, 3.63) is 113 Å². The van der Waals surface area contributed by atoms with Crippen LogP contribution in [0.3, 0.4) is 0 Å². The van der Waals surface area contributed by atoms with E-state index in [1.807, 2.05) is 0 Å². The molecule has 0 unspecified atom stereocenters. The lowest BCUT2D eigenvalue weighted by molar-refractivity contribution is 0.0697. The Bertz CT molecular complexity index is 1800. The molecule has 0 atom stereocenters. The highest BCUT2D eigenvalue weighted by molar-refractivity contribution is 5.92. The van der Waals surface area contributed by atoms with E-state index in [1.165, 1.54) is 24.3 Å². The molecule has 0 radical (unpaired) electrons. The monoisotopic (exact) mass is 557 g/mol. The van der Waals surface area contributed by atoms with Crippen LogP contribution >= 0.6 is 0 Å². The van der Waals surface area contributed by atoms with E-state index in [0.717, 1.165) is 5.56 Å². The molecule has 1 N–H and O–H groups in total. The Hall–Kier alpha value is -4.66. The Kier molecular flexibility index (Phi) is 6.73. The maximum absolute atomic E-state index is 15.4. The number of pyridine rings is 1. The second-order valence-corrected chi connectivity index (χ2v) is 10.5. The van der Waals surface area contributed by atoms with Crippen molar-refractivity contribution in [3.8, 4) is 17.1 Å². The molecule has 0 aliphatic heterocycles. The van der Waals surface area contributed by atoms with E-state index < -0.39 is 24.0 Å². The number of fused-ring (bicyclic) bond motifs is 1. The maximum Gasteiger partial charge on any atom is 0.335 e. The Morgan fingerprint density at radius 3 is 2.54 bits per heavy atom. The molecule has 6 nitrogen and oxygen atoms in total. The van der Waals surface area contributed by atoms with Crippen molar-refractivity contribution >= 4 is 17.0 Å². The molecule has 0 spiro atoms. The van der Waals surface area contributed by atoms with Gasteiger partial charge in [-0.25, -0.2) is 27.9 Å². The predicted molar refractivity (Wildman–Crippen MR) is 148 cm³/mol. The molecule has 0 saturated heterocycles. The van der Waals surface area contributed by atoms with Crippen molar-refractivity contribution in [3.63, 3.8) is 0 Å². The quantitative estimate of drug-likeness (QED) is 0.211. The van der Waals surface area contributed by atoms with Crippen LogP contribution < -0.4 is 4.74 Å². The minimum Gasteiger partial charge on any atom is -0.478 e. The number of imidazole rings is 1. The van der Waals surface area contributed by atoms with Crippen LogP contribution in [0.2, 0.25) is 0 Å². The van der Waals surface area contributed by atoms with Crippen LogP contribution in [0.1, 0.15) is 45.7 Å². The van der Waals surface area contributed by atoms with Gasteiger partial charge < -0.3 is 14.4 Å². The molecule has 3 aromatic carbocycles. The van der Waals surface area contributed by atoms with Crippen LogP contribution in [-0.4, -0.2) is 32.3 Å². The van der Waals surface area contributed by atoms with Gasteiger partial charge in [-0.2, -0.15) is 0 Å². The van der Waals surface area contributed by atoms with E-state index in [0.29, 0.717) is 46.5 Å². The van der Waals surface area contributed by atoms with E-state index in [1.54, 1.807) is 60.0 Å². The average molecular weight is 558 g/mol. The summed E-state index contributed by atoms with van der Waals surface area (Å²) in [5.74, 6) is -1.16. The van der Waals surface area contributed by atoms with Crippen LogP contribution in [0.25, 0.3) is 22.3 Å². The van der Waals surface area contributed by atoms with Crippen molar-refractivity contribution in [1.82, 2.24) is 14.5 Å². The molecule has 1 fully saturated rings. The minimum absolute atomic E-state index is 0.0146. The predicted octanol–water partition coefficient (Wildman–Crippen LogP) is 7.01. The first-order chi connectivity index (χ1) is 19.8. The van der Waals surface area contributed by atoms with Gasteiger partial charge in [0.2, 0.25) is 5.88 Å². The number of rotatable bonds is 9. The number of nitrogens with zero attached hydrogens (tertiary/aromatic N) is 3. The molecule has 2 heterocycles. The topological polar surface area (TPSA) is 77.2 Å². The number of ether oxygens (including phenoxy) is 1. The van der Waals surface area contributed by atoms with Crippen molar-refractivity contribution in [1.29, 1.82) is 0 Å². The van der Waals surface area contributed by atoms with Crippen LogP contribution in [-0.2, 0) is 18.6 Å². The summed E-state index contributed by atoms with van der Waals surface area (Å²) < 4.78 is 51.2. The number of aryl methyl sites for hydroxylation is 1.